The van der Waals surface area contributed by atoms with Crippen LogP contribution < -0.4 is 0 Å². The molecule has 2 N–H and O–H groups in total. The van der Waals surface area contributed by atoms with Gasteiger partial charge in [-0.2, -0.15) is 0 Å². The van der Waals surface area contributed by atoms with E-state index in [0.29, 0.717) is 11.5 Å². The molecule has 2 fully saturated rings. The summed E-state index contributed by atoms with van der Waals surface area (Å²) in [7, 11) is 0. The molecule has 2 saturated carbocycles. The summed E-state index contributed by atoms with van der Waals surface area (Å²) in [6.45, 7) is 6.69. The van der Waals surface area contributed by atoms with Crippen molar-refractivity contribution in [3.8, 4) is 5.75 Å². The van der Waals surface area contributed by atoms with Crippen LogP contribution in [-0.2, 0) is 0 Å². The quantitative estimate of drug-likeness (QED) is 0.814. The lowest BCUT2D eigenvalue weighted by Crippen LogP contribution is -2.39. The Bertz CT molecular complexity index is 552. The summed E-state index contributed by atoms with van der Waals surface area (Å²) in [5.41, 5.74) is 0.788. The van der Waals surface area contributed by atoms with E-state index in [1.54, 1.807) is 18.3 Å². The molecule has 0 radical (unpaired) electrons. The molecule has 0 amide bonds. The summed E-state index contributed by atoms with van der Waals surface area (Å²) >= 11 is 0. The van der Waals surface area contributed by atoms with Crippen molar-refractivity contribution in [3.63, 3.8) is 0 Å². The molecule has 1 aromatic rings. The van der Waals surface area contributed by atoms with Crippen LogP contribution in [0.15, 0.2) is 29.3 Å². The van der Waals surface area contributed by atoms with Gasteiger partial charge in [0.1, 0.15) is 5.75 Å². The lowest BCUT2D eigenvalue weighted by molar-refractivity contribution is 0.00624. The molecule has 108 valence electrons. The molecular weight excluding hydrogens is 250 g/mol. The summed E-state index contributed by atoms with van der Waals surface area (Å²) in [5.74, 6) is 0.656. The second-order valence-electron chi connectivity index (χ2n) is 7.06. The van der Waals surface area contributed by atoms with Gasteiger partial charge in [-0.1, -0.05) is 32.9 Å². The lowest BCUT2D eigenvalue weighted by Gasteiger charge is -2.36. The van der Waals surface area contributed by atoms with Crippen LogP contribution in [0.4, 0.5) is 0 Å². The minimum absolute atomic E-state index is 0.0432. The first kappa shape index (κ1) is 13.6. The van der Waals surface area contributed by atoms with Crippen LogP contribution in [-0.4, -0.2) is 28.6 Å². The molecule has 3 rings (SSSR count). The summed E-state index contributed by atoms with van der Waals surface area (Å²) in [6.07, 6.45) is 3.53. The molecule has 0 saturated heterocycles. The molecule has 1 aromatic carbocycles. The van der Waals surface area contributed by atoms with E-state index in [1.807, 2.05) is 12.1 Å². The van der Waals surface area contributed by atoms with E-state index in [0.717, 1.165) is 12.8 Å². The molecule has 0 spiro atoms. The van der Waals surface area contributed by atoms with Gasteiger partial charge in [0.2, 0.25) is 0 Å². The van der Waals surface area contributed by atoms with Crippen molar-refractivity contribution in [1.82, 2.24) is 0 Å². The number of nitrogens with zero attached hydrogens (tertiary/aromatic N) is 1. The Labute approximate surface area is 120 Å². The Morgan fingerprint density at radius 2 is 1.95 bits per heavy atom. The van der Waals surface area contributed by atoms with Gasteiger partial charge in [0, 0.05) is 17.2 Å². The fourth-order valence-electron chi connectivity index (χ4n) is 4.23. The fraction of sp³-hybridized carbons (Fsp3) is 0.588. The molecule has 3 heteroatoms. The van der Waals surface area contributed by atoms with Gasteiger partial charge < -0.3 is 10.2 Å². The van der Waals surface area contributed by atoms with Gasteiger partial charge in [0.15, 0.2) is 0 Å². The van der Waals surface area contributed by atoms with Crippen molar-refractivity contribution in [2.24, 2.45) is 21.7 Å². The number of hydrogen-bond donors (Lipinski definition) is 2. The molecule has 0 unspecified atom stereocenters. The van der Waals surface area contributed by atoms with E-state index in [-0.39, 0.29) is 22.6 Å². The van der Waals surface area contributed by atoms with Crippen molar-refractivity contribution < 1.29 is 10.2 Å². The number of benzene rings is 1. The van der Waals surface area contributed by atoms with Crippen LogP contribution >= 0.6 is 0 Å². The number of para-hydroxylation sites is 1. The molecule has 20 heavy (non-hydrogen) atoms. The number of hydrogen-bond acceptors (Lipinski definition) is 3. The summed E-state index contributed by atoms with van der Waals surface area (Å²) < 4.78 is 0. The highest BCUT2D eigenvalue weighted by Gasteiger charge is 2.65. The summed E-state index contributed by atoms with van der Waals surface area (Å²) in [4.78, 5) is 4.62. The molecule has 0 heterocycles. The van der Waals surface area contributed by atoms with Gasteiger partial charge in [0.05, 0.1) is 12.1 Å². The lowest BCUT2D eigenvalue weighted by atomic mass is 9.70. The summed E-state index contributed by atoms with van der Waals surface area (Å²) in [6, 6.07) is 7.12. The topological polar surface area (TPSA) is 52.8 Å². The number of phenolic OH excluding ortho intramolecular Hbond substituents is 1. The van der Waals surface area contributed by atoms with E-state index < -0.39 is 6.10 Å². The number of rotatable bonds is 2. The minimum atomic E-state index is -0.390. The Balaban J connectivity index is 1.88. The SMILES string of the molecule is CC1(C)[C@H]2CC[C@@]1(C)[C@H](O)[C@@H]2N=Cc1ccccc1O. The van der Waals surface area contributed by atoms with Crippen molar-refractivity contribution in [2.75, 3.05) is 0 Å². The molecular formula is C17H23NO2. The maximum Gasteiger partial charge on any atom is 0.124 e. The normalized spacial score (nSPS) is 38.7. The monoisotopic (exact) mass is 273 g/mol. The molecule has 4 atom stereocenters. The Kier molecular flexibility index (Phi) is 2.94. The van der Waals surface area contributed by atoms with Gasteiger partial charge in [-0.25, -0.2) is 0 Å². The fourth-order valence-corrected chi connectivity index (χ4v) is 4.23. The maximum atomic E-state index is 10.6. The third kappa shape index (κ3) is 1.65. The highest BCUT2D eigenvalue weighted by molar-refractivity contribution is 5.83. The van der Waals surface area contributed by atoms with Crippen LogP contribution in [0.25, 0.3) is 0 Å². The standard InChI is InChI=1S/C17H23NO2/c1-16(2)12-8-9-17(16,3)15(20)14(12)18-10-11-6-4-5-7-13(11)19/h4-7,10,12,14-15,19-20H,8-9H2,1-3H3/t12-,14+,15+,17-/m0/s1. The molecule has 0 aromatic heterocycles. The predicted molar refractivity (Wildman–Crippen MR) is 80.1 cm³/mol. The number of aromatic hydroxyl groups is 1. The predicted octanol–water partition coefficient (Wildman–Crippen LogP) is 3.00. The Morgan fingerprint density at radius 1 is 1.25 bits per heavy atom. The van der Waals surface area contributed by atoms with Gasteiger partial charge in [0.25, 0.3) is 0 Å². The average molecular weight is 273 g/mol. The zero-order valence-corrected chi connectivity index (χ0v) is 12.4. The zero-order chi connectivity index (χ0) is 14.5. The average Bonchev–Trinajstić information content (AvgIpc) is 2.71. The smallest absolute Gasteiger partial charge is 0.124 e. The van der Waals surface area contributed by atoms with Crippen LogP contribution in [0.2, 0.25) is 0 Å². The largest absolute Gasteiger partial charge is 0.507 e. The van der Waals surface area contributed by atoms with Crippen molar-refractivity contribution >= 4 is 6.21 Å². The Morgan fingerprint density at radius 3 is 2.55 bits per heavy atom. The van der Waals surface area contributed by atoms with Crippen molar-refractivity contribution in [2.45, 2.75) is 45.8 Å². The van der Waals surface area contributed by atoms with Crippen molar-refractivity contribution in [3.05, 3.63) is 29.8 Å². The van der Waals surface area contributed by atoms with E-state index in [9.17, 15) is 10.2 Å². The first-order valence-electron chi connectivity index (χ1n) is 7.37. The maximum absolute atomic E-state index is 10.6. The molecule has 2 aliphatic rings. The number of aliphatic hydroxyl groups is 1. The van der Waals surface area contributed by atoms with Crippen LogP contribution in [0.1, 0.15) is 39.2 Å². The number of aliphatic hydroxyl groups excluding tert-OH is 1. The van der Waals surface area contributed by atoms with E-state index >= 15 is 0 Å². The van der Waals surface area contributed by atoms with Gasteiger partial charge >= 0.3 is 0 Å². The highest BCUT2D eigenvalue weighted by Crippen LogP contribution is 2.66. The van der Waals surface area contributed by atoms with E-state index in [4.69, 9.17) is 0 Å². The second kappa shape index (κ2) is 4.32. The summed E-state index contributed by atoms with van der Waals surface area (Å²) in [5, 5.41) is 20.4. The van der Waals surface area contributed by atoms with Crippen LogP contribution in [0.5, 0.6) is 5.75 Å². The molecule has 2 bridgehead atoms. The van der Waals surface area contributed by atoms with E-state index in [2.05, 4.69) is 25.8 Å². The van der Waals surface area contributed by atoms with Gasteiger partial charge in [-0.05, 0) is 36.3 Å². The van der Waals surface area contributed by atoms with Gasteiger partial charge in [-0.15, -0.1) is 0 Å². The van der Waals surface area contributed by atoms with Crippen molar-refractivity contribution in [1.29, 1.82) is 0 Å². The number of fused-ring (bicyclic) bond motifs is 2. The molecule has 0 aliphatic heterocycles. The van der Waals surface area contributed by atoms with Gasteiger partial charge in [-0.3, -0.25) is 4.99 Å². The first-order valence-corrected chi connectivity index (χ1v) is 7.37. The van der Waals surface area contributed by atoms with E-state index in [1.165, 1.54) is 0 Å². The third-order valence-corrected chi connectivity index (χ3v) is 6.08. The third-order valence-electron chi connectivity index (χ3n) is 6.08. The molecule has 3 nitrogen and oxygen atoms in total. The minimum Gasteiger partial charge on any atom is -0.507 e. The number of phenols is 1. The van der Waals surface area contributed by atoms with Crippen LogP contribution in [0.3, 0.4) is 0 Å². The first-order chi connectivity index (χ1) is 9.38. The highest BCUT2D eigenvalue weighted by atomic mass is 16.3. The zero-order valence-electron chi connectivity index (χ0n) is 12.4. The second-order valence-corrected chi connectivity index (χ2v) is 7.06. The Hall–Kier alpha value is -1.35. The number of aliphatic imine (C=N–C) groups is 1. The molecule has 2 aliphatic carbocycles. The van der Waals surface area contributed by atoms with Crippen LogP contribution in [0, 0.1) is 16.7 Å².